The van der Waals surface area contributed by atoms with Crippen LogP contribution in [0.1, 0.15) is 19.3 Å². The predicted molar refractivity (Wildman–Crippen MR) is 68.2 cm³/mol. The molecule has 1 saturated carbocycles. The second kappa shape index (κ2) is 4.32. The molecule has 3 nitrogen and oxygen atoms in total. The van der Waals surface area contributed by atoms with Crippen LogP contribution in [0.3, 0.4) is 0 Å². The molecule has 0 radical (unpaired) electrons. The van der Waals surface area contributed by atoms with Crippen molar-refractivity contribution < 1.29 is 5.11 Å². The van der Waals surface area contributed by atoms with Crippen molar-refractivity contribution in [3.8, 4) is 0 Å². The summed E-state index contributed by atoms with van der Waals surface area (Å²) in [5.41, 5.74) is 6.46. The van der Waals surface area contributed by atoms with Gasteiger partial charge in [-0.1, -0.05) is 23.2 Å². The maximum atomic E-state index is 9.92. The molecule has 1 aliphatic carbocycles. The molecule has 1 aromatic rings. The lowest BCUT2D eigenvalue weighted by Crippen LogP contribution is -2.43. The Bertz CT molecular complexity index is 405. The van der Waals surface area contributed by atoms with E-state index in [0.29, 0.717) is 22.3 Å². The van der Waals surface area contributed by atoms with Gasteiger partial charge in [0.05, 0.1) is 27.0 Å². The van der Waals surface area contributed by atoms with Crippen LogP contribution in [0.2, 0.25) is 10.0 Å². The van der Waals surface area contributed by atoms with Crippen molar-refractivity contribution in [1.82, 2.24) is 0 Å². The highest BCUT2D eigenvalue weighted by Crippen LogP contribution is 2.34. The van der Waals surface area contributed by atoms with E-state index < -0.39 is 5.60 Å². The lowest BCUT2D eigenvalue weighted by atomic mass is 9.80. The van der Waals surface area contributed by atoms with Crippen LogP contribution in [0.5, 0.6) is 0 Å². The quantitative estimate of drug-likeness (QED) is 0.733. The van der Waals surface area contributed by atoms with Crippen LogP contribution in [0.25, 0.3) is 0 Å². The van der Waals surface area contributed by atoms with Crippen LogP contribution in [0, 0.1) is 0 Å². The summed E-state index contributed by atoms with van der Waals surface area (Å²) in [5, 5.41) is 13.9. The molecular weight excluding hydrogens is 247 g/mol. The molecule has 0 heterocycles. The van der Waals surface area contributed by atoms with E-state index in [-0.39, 0.29) is 0 Å². The Balaban J connectivity index is 2.06. The van der Waals surface area contributed by atoms with E-state index in [9.17, 15) is 5.11 Å². The number of nitrogen functional groups attached to an aromatic ring is 1. The van der Waals surface area contributed by atoms with E-state index in [4.69, 9.17) is 28.9 Å². The Hall–Kier alpha value is -0.640. The van der Waals surface area contributed by atoms with Gasteiger partial charge in [0, 0.05) is 6.54 Å². The number of hydrogen-bond acceptors (Lipinski definition) is 3. The molecule has 1 aliphatic rings. The first-order chi connectivity index (χ1) is 7.50. The molecule has 0 saturated heterocycles. The topological polar surface area (TPSA) is 58.3 Å². The van der Waals surface area contributed by atoms with Gasteiger partial charge < -0.3 is 16.2 Å². The molecule has 0 aliphatic heterocycles. The van der Waals surface area contributed by atoms with Gasteiger partial charge in [-0.25, -0.2) is 0 Å². The van der Waals surface area contributed by atoms with Crippen LogP contribution in [0.4, 0.5) is 11.4 Å². The van der Waals surface area contributed by atoms with Gasteiger partial charge in [-0.3, -0.25) is 0 Å². The van der Waals surface area contributed by atoms with Crippen molar-refractivity contribution in [2.24, 2.45) is 0 Å². The number of rotatable bonds is 3. The fourth-order valence-electron chi connectivity index (χ4n) is 1.74. The normalized spacial score (nSPS) is 17.9. The lowest BCUT2D eigenvalue weighted by Gasteiger charge is -2.37. The number of halogens is 2. The van der Waals surface area contributed by atoms with Crippen LogP contribution < -0.4 is 11.1 Å². The lowest BCUT2D eigenvalue weighted by molar-refractivity contribution is -0.0201. The highest BCUT2D eigenvalue weighted by Gasteiger charge is 2.34. The Labute approximate surface area is 105 Å². The fourth-order valence-corrected chi connectivity index (χ4v) is 2.07. The molecule has 0 amide bonds. The summed E-state index contributed by atoms with van der Waals surface area (Å²) < 4.78 is 0. The predicted octanol–water partition coefficient (Wildman–Crippen LogP) is 2.90. The number of hydrogen-bond donors (Lipinski definition) is 3. The first-order valence-corrected chi connectivity index (χ1v) is 5.97. The molecule has 0 spiro atoms. The largest absolute Gasteiger partial charge is 0.397 e. The van der Waals surface area contributed by atoms with Gasteiger partial charge in [-0.15, -0.1) is 0 Å². The third-order valence-electron chi connectivity index (χ3n) is 2.98. The van der Waals surface area contributed by atoms with Crippen molar-refractivity contribution in [2.45, 2.75) is 24.9 Å². The van der Waals surface area contributed by atoms with Crippen molar-refractivity contribution in [2.75, 3.05) is 17.6 Å². The molecule has 0 bridgehead atoms. The summed E-state index contributed by atoms with van der Waals surface area (Å²) in [5.74, 6) is 0. The van der Waals surface area contributed by atoms with Gasteiger partial charge in [0.1, 0.15) is 0 Å². The summed E-state index contributed by atoms with van der Waals surface area (Å²) in [6.45, 7) is 0.495. The third kappa shape index (κ3) is 2.37. The zero-order chi connectivity index (χ0) is 11.8. The number of nitrogens with two attached hydrogens (primary N) is 1. The minimum absolute atomic E-state index is 0.437. The number of aliphatic hydroxyl groups is 1. The Morgan fingerprint density at radius 1 is 1.31 bits per heavy atom. The third-order valence-corrected chi connectivity index (χ3v) is 3.71. The molecule has 4 N–H and O–H groups in total. The Kier molecular flexibility index (Phi) is 3.19. The summed E-state index contributed by atoms with van der Waals surface area (Å²) >= 11 is 11.7. The van der Waals surface area contributed by atoms with E-state index in [2.05, 4.69) is 5.32 Å². The molecule has 5 heteroatoms. The van der Waals surface area contributed by atoms with Crippen molar-refractivity contribution >= 4 is 34.6 Å². The summed E-state index contributed by atoms with van der Waals surface area (Å²) in [6, 6.07) is 3.29. The smallest absolute Gasteiger partial charge is 0.0819 e. The van der Waals surface area contributed by atoms with E-state index in [1.807, 2.05) is 0 Å². The van der Waals surface area contributed by atoms with Gasteiger partial charge in [0.25, 0.3) is 0 Å². The number of anilines is 2. The zero-order valence-corrected chi connectivity index (χ0v) is 10.3. The van der Waals surface area contributed by atoms with Gasteiger partial charge in [0.15, 0.2) is 0 Å². The summed E-state index contributed by atoms with van der Waals surface area (Å²) in [6.07, 6.45) is 2.75. The van der Waals surface area contributed by atoms with Gasteiger partial charge >= 0.3 is 0 Å². The first kappa shape index (κ1) is 11.8. The minimum Gasteiger partial charge on any atom is -0.397 e. The fraction of sp³-hybridized carbons (Fsp3) is 0.455. The van der Waals surface area contributed by atoms with E-state index in [0.717, 1.165) is 24.9 Å². The zero-order valence-electron chi connectivity index (χ0n) is 8.76. The molecule has 1 aromatic carbocycles. The average Bonchev–Trinajstić information content (AvgIpc) is 2.19. The average molecular weight is 261 g/mol. The maximum Gasteiger partial charge on any atom is 0.0819 e. The second-order valence-corrected chi connectivity index (χ2v) is 5.10. The molecule has 0 aromatic heterocycles. The summed E-state index contributed by atoms with van der Waals surface area (Å²) in [7, 11) is 0. The highest BCUT2D eigenvalue weighted by atomic mass is 35.5. The monoisotopic (exact) mass is 260 g/mol. The molecular formula is C11H14Cl2N2O. The van der Waals surface area contributed by atoms with Crippen molar-refractivity contribution in [1.29, 1.82) is 0 Å². The van der Waals surface area contributed by atoms with E-state index in [1.54, 1.807) is 12.1 Å². The van der Waals surface area contributed by atoms with Crippen LogP contribution in [0.15, 0.2) is 12.1 Å². The standard InChI is InChI=1S/C11H14Cl2N2O/c12-7-4-9(14)10(5-8(7)13)15-6-11(16)2-1-3-11/h4-5,15-16H,1-3,6,14H2. The maximum absolute atomic E-state index is 9.92. The van der Waals surface area contributed by atoms with Crippen molar-refractivity contribution in [3.63, 3.8) is 0 Å². The highest BCUT2D eigenvalue weighted by molar-refractivity contribution is 6.42. The molecule has 2 rings (SSSR count). The van der Waals surface area contributed by atoms with Crippen LogP contribution in [-0.2, 0) is 0 Å². The van der Waals surface area contributed by atoms with Crippen molar-refractivity contribution in [3.05, 3.63) is 22.2 Å². The molecule has 0 atom stereocenters. The molecule has 88 valence electrons. The molecule has 0 unspecified atom stereocenters. The van der Waals surface area contributed by atoms with Gasteiger partial charge in [-0.05, 0) is 31.4 Å². The van der Waals surface area contributed by atoms with Gasteiger partial charge in [-0.2, -0.15) is 0 Å². The first-order valence-electron chi connectivity index (χ1n) is 5.21. The summed E-state index contributed by atoms with van der Waals surface area (Å²) in [4.78, 5) is 0. The molecule has 16 heavy (non-hydrogen) atoms. The van der Waals surface area contributed by atoms with E-state index in [1.165, 1.54) is 0 Å². The minimum atomic E-state index is -0.585. The van der Waals surface area contributed by atoms with Crippen LogP contribution in [-0.4, -0.2) is 17.3 Å². The van der Waals surface area contributed by atoms with Gasteiger partial charge in [0.2, 0.25) is 0 Å². The number of nitrogens with one attached hydrogen (secondary N) is 1. The number of benzene rings is 1. The van der Waals surface area contributed by atoms with Crippen LogP contribution >= 0.6 is 23.2 Å². The Morgan fingerprint density at radius 2 is 1.94 bits per heavy atom. The molecule has 1 fully saturated rings. The Morgan fingerprint density at radius 3 is 2.50 bits per heavy atom. The second-order valence-electron chi connectivity index (χ2n) is 4.29. The SMILES string of the molecule is Nc1cc(Cl)c(Cl)cc1NCC1(O)CCC1. The van der Waals surface area contributed by atoms with E-state index >= 15 is 0 Å².